The summed E-state index contributed by atoms with van der Waals surface area (Å²) in [6.07, 6.45) is -15.7. The highest BCUT2D eigenvalue weighted by Crippen LogP contribution is 2.43. The molecule has 0 spiro atoms. The molecule has 1 aliphatic rings. The van der Waals surface area contributed by atoms with E-state index in [9.17, 15) is 54.2 Å². The van der Waals surface area contributed by atoms with Crippen LogP contribution in [-0.2, 0) is 28.3 Å². The molecule has 0 bridgehead atoms. The van der Waals surface area contributed by atoms with E-state index >= 15 is 8.78 Å². The second-order valence-electron chi connectivity index (χ2n) is 11.3. The quantitative estimate of drug-likeness (QED) is 0.189. The van der Waals surface area contributed by atoms with Crippen LogP contribution in [0.15, 0.2) is 66.7 Å². The third-order valence-electron chi connectivity index (χ3n) is 8.07. The van der Waals surface area contributed by atoms with Gasteiger partial charge in [-0.3, -0.25) is 4.79 Å². The van der Waals surface area contributed by atoms with E-state index in [1.165, 1.54) is 36.4 Å². The van der Waals surface area contributed by atoms with Crippen LogP contribution >= 0.6 is 0 Å². The van der Waals surface area contributed by atoms with Crippen molar-refractivity contribution < 1.29 is 67.7 Å². The number of alkyl halides is 9. The van der Waals surface area contributed by atoms with Crippen molar-refractivity contribution in [3.8, 4) is 11.1 Å². The lowest BCUT2D eigenvalue weighted by Gasteiger charge is -2.38. The lowest BCUT2D eigenvalue weighted by Crippen LogP contribution is -2.53. The Labute approximate surface area is 275 Å². The normalized spacial score (nSPS) is 16.4. The van der Waals surface area contributed by atoms with E-state index in [2.05, 4.69) is 0 Å². The maximum absolute atomic E-state index is 15.1. The summed E-state index contributed by atoms with van der Waals surface area (Å²) in [5.41, 5.74) is -5.52. The summed E-state index contributed by atoms with van der Waals surface area (Å²) in [6, 6.07) is 5.98. The molecule has 1 fully saturated rings. The number of amides is 1. The fourth-order valence-corrected chi connectivity index (χ4v) is 5.75. The van der Waals surface area contributed by atoms with Crippen molar-refractivity contribution in [3.05, 3.63) is 101 Å². The highest BCUT2D eigenvalue weighted by molar-refractivity contribution is 6.00. The fourth-order valence-electron chi connectivity index (χ4n) is 5.75. The number of anilines is 1. The van der Waals surface area contributed by atoms with Gasteiger partial charge in [-0.1, -0.05) is 42.5 Å². The van der Waals surface area contributed by atoms with Crippen molar-refractivity contribution in [2.75, 3.05) is 24.7 Å². The Morgan fingerprint density at radius 1 is 0.840 bits per heavy atom. The SMILES string of the molecule is O=C(N[C@@H](Cc1cccc2c(-c3ccc(C(F)(F)F)cc3C(F)(F)F)cccc12)C(=O)O)c1c(F)cc(N2CCOC[C@@H]2C(F)(F)F)cc1F. The number of hydrogen-bond acceptors (Lipinski definition) is 4. The summed E-state index contributed by atoms with van der Waals surface area (Å²) in [7, 11) is 0. The Kier molecular flexibility index (Phi) is 9.75. The lowest BCUT2D eigenvalue weighted by atomic mass is 9.90. The van der Waals surface area contributed by atoms with Gasteiger partial charge in [-0.15, -0.1) is 0 Å². The summed E-state index contributed by atoms with van der Waals surface area (Å²) < 4.78 is 157. The summed E-state index contributed by atoms with van der Waals surface area (Å²) in [6.45, 7) is -1.36. The number of halogens is 11. The van der Waals surface area contributed by atoms with Gasteiger partial charge in [-0.2, -0.15) is 39.5 Å². The Balaban J connectivity index is 1.46. The first-order chi connectivity index (χ1) is 23.3. The molecule has 1 heterocycles. The predicted molar refractivity (Wildman–Crippen MR) is 156 cm³/mol. The van der Waals surface area contributed by atoms with Crippen LogP contribution in [0.5, 0.6) is 0 Å². The average Bonchev–Trinajstić information content (AvgIpc) is 3.02. The smallest absolute Gasteiger partial charge is 0.417 e. The summed E-state index contributed by atoms with van der Waals surface area (Å²) in [5.74, 6) is -6.41. The van der Waals surface area contributed by atoms with Crippen LogP contribution in [0.4, 0.5) is 54.0 Å². The van der Waals surface area contributed by atoms with Crippen molar-refractivity contribution >= 4 is 28.3 Å². The summed E-state index contributed by atoms with van der Waals surface area (Å²) >= 11 is 0. The first-order valence-electron chi connectivity index (χ1n) is 14.5. The molecule has 2 N–H and O–H groups in total. The summed E-state index contributed by atoms with van der Waals surface area (Å²) in [5, 5.41) is 12.1. The van der Waals surface area contributed by atoms with Gasteiger partial charge in [0.1, 0.15) is 29.3 Å². The van der Waals surface area contributed by atoms with Crippen molar-refractivity contribution in [2.24, 2.45) is 0 Å². The Morgan fingerprint density at radius 2 is 1.48 bits per heavy atom. The van der Waals surface area contributed by atoms with Gasteiger partial charge in [-0.05, 0) is 51.7 Å². The van der Waals surface area contributed by atoms with E-state index < -0.39 is 95.1 Å². The highest BCUT2D eigenvalue weighted by Gasteiger charge is 2.46. The number of carboxylic acid groups (broad SMARTS) is 1. The van der Waals surface area contributed by atoms with Crippen LogP contribution in [0.1, 0.15) is 27.0 Å². The molecular weight excluding hydrogens is 697 g/mol. The zero-order valence-electron chi connectivity index (χ0n) is 25.1. The van der Waals surface area contributed by atoms with Gasteiger partial charge in [-0.25, -0.2) is 13.6 Å². The van der Waals surface area contributed by atoms with Crippen LogP contribution < -0.4 is 10.2 Å². The number of carboxylic acids is 1. The third-order valence-corrected chi connectivity index (χ3v) is 8.07. The average molecular weight is 721 g/mol. The molecule has 4 aromatic carbocycles. The zero-order chi connectivity index (χ0) is 36.8. The lowest BCUT2D eigenvalue weighted by molar-refractivity contribution is -0.167. The molecule has 4 aromatic rings. The van der Waals surface area contributed by atoms with E-state index in [1.54, 1.807) is 0 Å². The summed E-state index contributed by atoms with van der Waals surface area (Å²) in [4.78, 5) is 25.8. The maximum atomic E-state index is 15.1. The number of carbonyl (C=O) groups is 2. The minimum Gasteiger partial charge on any atom is -0.480 e. The Morgan fingerprint density at radius 3 is 2.08 bits per heavy atom. The van der Waals surface area contributed by atoms with E-state index in [4.69, 9.17) is 4.74 Å². The molecule has 1 saturated heterocycles. The standard InChI is InChI=1S/C33H23F11N2O4/c34-24-13-18(46-9-10-50-15-27(46)33(42,43)44)14-25(35)28(24)29(47)45-26(30(48)49)11-16-3-1-5-20-19(16)4-2-6-21(20)22-8-7-17(31(36,37)38)12-23(22)32(39,40)41/h1-8,12-14,26-27H,9-11,15H2,(H,45,47)(H,48,49)/t26-,27+/m0/s1. The first-order valence-corrected chi connectivity index (χ1v) is 14.5. The van der Waals surface area contributed by atoms with Crippen molar-refractivity contribution in [3.63, 3.8) is 0 Å². The molecule has 1 aliphatic heterocycles. The number of rotatable bonds is 7. The van der Waals surface area contributed by atoms with Crippen LogP contribution in [0.3, 0.4) is 0 Å². The minimum absolute atomic E-state index is 0.0194. The number of morpholine rings is 1. The van der Waals surface area contributed by atoms with Gasteiger partial charge in [0, 0.05) is 18.7 Å². The van der Waals surface area contributed by atoms with Gasteiger partial charge in [0.15, 0.2) is 0 Å². The topological polar surface area (TPSA) is 78.9 Å². The molecule has 5 rings (SSSR count). The number of hydrogen-bond donors (Lipinski definition) is 2. The van der Waals surface area contributed by atoms with Crippen LogP contribution in [0.25, 0.3) is 21.9 Å². The molecule has 0 unspecified atom stereocenters. The molecule has 50 heavy (non-hydrogen) atoms. The first kappa shape index (κ1) is 36.4. The molecule has 17 heteroatoms. The molecule has 0 radical (unpaired) electrons. The Bertz CT molecular complexity index is 1920. The van der Waals surface area contributed by atoms with Crippen molar-refractivity contribution in [1.82, 2.24) is 5.32 Å². The second-order valence-corrected chi connectivity index (χ2v) is 11.3. The molecular formula is C33H23F11N2O4. The molecule has 1 amide bonds. The zero-order valence-corrected chi connectivity index (χ0v) is 25.1. The number of benzene rings is 4. The molecule has 6 nitrogen and oxygen atoms in total. The third kappa shape index (κ3) is 7.46. The molecule has 2 atom stereocenters. The van der Waals surface area contributed by atoms with Crippen LogP contribution in [0, 0.1) is 11.6 Å². The number of ether oxygens (including phenoxy) is 1. The van der Waals surface area contributed by atoms with Gasteiger partial charge in [0.2, 0.25) is 0 Å². The number of nitrogens with zero attached hydrogens (tertiary/aromatic N) is 1. The number of fused-ring (bicyclic) bond motifs is 1. The van der Waals surface area contributed by atoms with Gasteiger partial charge in [0.25, 0.3) is 5.91 Å². The minimum atomic E-state index is -5.19. The monoisotopic (exact) mass is 720 g/mol. The molecule has 0 aliphatic carbocycles. The second kappa shape index (κ2) is 13.4. The van der Waals surface area contributed by atoms with Crippen molar-refractivity contribution in [2.45, 2.75) is 37.0 Å². The van der Waals surface area contributed by atoms with Crippen LogP contribution in [-0.4, -0.2) is 55.0 Å². The van der Waals surface area contributed by atoms with E-state index in [0.29, 0.717) is 29.2 Å². The van der Waals surface area contributed by atoms with Crippen molar-refractivity contribution in [1.29, 1.82) is 0 Å². The number of nitrogens with one attached hydrogen (secondary N) is 1. The van der Waals surface area contributed by atoms with Gasteiger partial charge in [0.05, 0.1) is 24.3 Å². The predicted octanol–water partition coefficient (Wildman–Crippen LogP) is 8.02. The maximum Gasteiger partial charge on any atom is 0.417 e. The number of carbonyl (C=O) groups excluding carboxylic acids is 1. The molecule has 266 valence electrons. The largest absolute Gasteiger partial charge is 0.480 e. The van der Waals surface area contributed by atoms with E-state index in [0.717, 1.165) is 0 Å². The van der Waals surface area contributed by atoms with Crippen LogP contribution in [0.2, 0.25) is 0 Å². The fraction of sp³-hybridized carbons (Fsp3) is 0.273. The highest BCUT2D eigenvalue weighted by atomic mass is 19.4. The van der Waals surface area contributed by atoms with Gasteiger partial charge >= 0.3 is 24.5 Å². The van der Waals surface area contributed by atoms with Gasteiger partial charge < -0.3 is 20.1 Å². The van der Waals surface area contributed by atoms with E-state index in [1.807, 2.05) is 5.32 Å². The molecule has 0 aromatic heterocycles. The van der Waals surface area contributed by atoms with E-state index in [-0.39, 0.29) is 41.1 Å². The number of aliphatic carboxylic acids is 1. The molecule has 0 saturated carbocycles. The Hall–Kier alpha value is -4.93.